The predicted octanol–water partition coefficient (Wildman–Crippen LogP) is 2.89. The number of rotatable bonds is 2. The lowest BCUT2D eigenvalue weighted by Crippen LogP contribution is -2.28. The van der Waals surface area contributed by atoms with Gasteiger partial charge >= 0.3 is 0 Å². The molecule has 0 saturated carbocycles. The molecule has 4 heteroatoms. The minimum Gasteiger partial charge on any atom is -0.339 e. The molecule has 0 amide bonds. The van der Waals surface area contributed by atoms with Gasteiger partial charge in [-0.05, 0) is 16.5 Å². The van der Waals surface area contributed by atoms with Gasteiger partial charge in [-0.1, -0.05) is 50.2 Å². The van der Waals surface area contributed by atoms with Gasteiger partial charge in [-0.3, -0.25) is 0 Å². The zero-order valence-electron chi connectivity index (χ0n) is 12.3. The Hall–Kier alpha value is -1.68. The molecule has 1 aromatic carbocycles. The second-order valence-electron chi connectivity index (χ2n) is 6.67. The summed E-state index contributed by atoms with van der Waals surface area (Å²) in [6, 6.07) is 8.46. The Balaban J connectivity index is 1.88. The van der Waals surface area contributed by atoms with Crippen LogP contribution in [0.15, 0.2) is 28.8 Å². The van der Waals surface area contributed by atoms with Gasteiger partial charge in [-0.15, -0.1) is 0 Å². The van der Waals surface area contributed by atoms with Gasteiger partial charge in [-0.2, -0.15) is 4.98 Å². The summed E-state index contributed by atoms with van der Waals surface area (Å²) in [6.45, 7) is 8.31. The first-order valence-electron chi connectivity index (χ1n) is 7.14. The fourth-order valence-electron chi connectivity index (χ4n) is 2.67. The van der Waals surface area contributed by atoms with Crippen LogP contribution in [-0.2, 0) is 13.0 Å². The van der Waals surface area contributed by atoms with Crippen LogP contribution < -0.4 is 5.32 Å². The smallest absolute Gasteiger partial charge is 0.235 e. The first kappa shape index (κ1) is 13.3. The van der Waals surface area contributed by atoms with Crippen LogP contribution in [0.1, 0.15) is 49.5 Å². The van der Waals surface area contributed by atoms with Crippen LogP contribution in [0.25, 0.3) is 0 Å². The quantitative estimate of drug-likeness (QED) is 0.912. The van der Waals surface area contributed by atoms with Crippen molar-refractivity contribution in [3.8, 4) is 0 Å². The molecule has 1 N–H and O–H groups in total. The van der Waals surface area contributed by atoms with E-state index in [1.54, 1.807) is 0 Å². The minimum atomic E-state index is 0.168. The van der Waals surface area contributed by atoms with Gasteiger partial charge in [0.2, 0.25) is 5.89 Å². The molecule has 0 bridgehead atoms. The van der Waals surface area contributed by atoms with Crippen LogP contribution in [0.5, 0.6) is 0 Å². The summed E-state index contributed by atoms with van der Waals surface area (Å²) >= 11 is 0. The molecule has 20 heavy (non-hydrogen) atoms. The van der Waals surface area contributed by atoms with Gasteiger partial charge in [-0.25, -0.2) is 0 Å². The van der Waals surface area contributed by atoms with Crippen molar-refractivity contribution in [1.29, 1.82) is 0 Å². The van der Waals surface area contributed by atoms with Crippen molar-refractivity contribution in [2.24, 2.45) is 5.41 Å². The number of benzene rings is 1. The number of hydrogen-bond donors (Lipinski definition) is 1. The SMILES string of the molecule is CC(C)(C)Cc1noc(C2CNCc3ccccc32)n1. The van der Waals surface area contributed by atoms with Gasteiger partial charge in [0.15, 0.2) is 5.82 Å². The number of nitrogens with zero attached hydrogens (tertiary/aromatic N) is 2. The van der Waals surface area contributed by atoms with Crippen molar-refractivity contribution >= 4 is 0 Å². The predicted molar refractivity (Wildman–Crippen MR) is 77.4 cm³/mol. The molecular weight excluding hydrogens is 250 g/mol. The molecule has 0 aliphatic carbocycles. The van der Waals surface area contributed by atoms with Gasteiger partial charge in [0.1, 0.15) is 0 Å². The highest BCUT2D eigenvalue weighted by molar-refractivity contribution is 5.35. The molecule has 0 saturated heterocycles. The molecule has 0 spiro atoms. The standard InChI is InChI=1S/C16H21N3O/c1-16(2,3)8-14-18-15(20-19-14)13-10-17-9-11-6-4-5-7-12(11)13/h4-7,13,17H,8-10H2,1-3H3. The van der Waals surface area contributed by atoms with E-state index < -0.39 is 0 Å². The minimum absolute atomic E-state index is 0.168. The molecule has 1 atom stereocenters. The Morgan fingerprint density at radius 2 is 2.10 bits per heavy atom. The number of nitrogens with one attached hydrogen (secondary N) is 1. The Morgan fingerprint density at radius 3 is 2.90 bits per heavy atom. The Bertz CT molecular complexity index is 598. The van der Waals surface area contributed by atoms with Crippen molar-refractivity contribution in [2.45, 2.75) is 39.7 Å². The highest BCUT2D eigenvalue weighted by Crippen LogP contribution is 2.29. The van der Waals surface area contributed by atoms with E-state index in [1.807, 2.05) is 0 Å². The van der Waals surface area contributed by atoms with Crippen molar-refractivity contribution in [3.63, 3.8) is 0 Å². The number of fused-ring (bicyclic) bond motifs is 1. The van der Waals surface area contributed by atoms with Crippen molar-refractivity contribution in [3.05, 3.63) is 47.1 Å². The van der Waals surface area contributed by atoms with Crippen LogP contribution in [0.2, 0.25) is 0 Å². The molecular formula is C16H21N3O. The third kappa shape index (κ3) is 2.75. The zero-order chi connectivity index (χ0) is 14.2. The fraction of sp³-hybridized carbons (Fsp3) is 0.500. The van der Waals surface area contributed by atoms with Crippen molar-refractivity contribution in [1.82, 2.24) is 15.5 Å². The van der Waals surface area contributed by atoms with Crippen LogP contribution in [0.4, 0.5) is 0 Å². The second-order valence-corrected chi connectivity index (χ2v) is 6.67. The van der Waals surface area contributed by atoms with Gasteiger partial charge in [0.25, 0.3) is 0 Å². The molecule has 1 aliphatic heterocycles. The Morgan fingerprint density at radius 1 is 1.30 bits per heavy atom. The van der Waals surface area contributed by atoms with Crippen LogP contribution >= 0.6 is 0 Å². The second kappa shape index (κ2) is 5.02. The molecule has 1 aliphatic rings. The van der Waals surface area contributed by atoms with Crippen LogP contribution in [0, 0.1) is 5.41 Å². The Labute approximate surface area is 119 Å². The molecule has 1 unspecified atom stereocenters. The topological polar surface area (TPSA) is 51.0 Å². The summed E-state index contributed by atoms with van der Waals surface area (Å²) in [5.41, 5.74) is 2.79. The average Bonchev–Trinajstić information content (AvgIpc) is 2.84. The normalized spacial score (nSPS) is 18.9. The summed E-state index contributed by atoms with van der Waals surface area (Å²) in [5.74, 6) is 1.70. The van der Waals surface area contributed by atoms with Gasteiger partial charge in [0.05, 0.1) is 5.92 Å². The maximum atomic E-state index is 5.51. The third-order valence-corrected chi connectivity index (χ3v) is 3.56. The third-order valence-electron chi connectivity index (χ3n) is 3.56. The van der Waals surface area contributed by atoms with Crippen LogP contribution in [-0.4, -0.2) is 16.7 Å². The van der Waals surface area contributed by atoms with E-state index in [1.165, 1.54) is 11.1 Å². The van der Waals surface area contributed by atoms with E-state index in [9.17, 15) is 0 Å². The molecule has 2 aromatic rings. The summed E-state index contributed by atoms with van der Waals surface area (Å²) < 4.78 is 5.51. The maximum Gasteiger partial charge on any atom is 0.235 e. The Kier molecular flexibility index (Phi) is 3.34. The molecule has 1 aromatic heterocycles. The van der Waals surface area contributed by atoms with E-state index in [0.717, 1.165) is 31.2 Å². The molecule has 0 radical (unpaired) electrons. The lowest BCUT2D eigenvalue weighted by Gasteiger charge is -2.23. The highest BCUT2D eigenvalue weighted by atomic mass is 16.5. The molecule has 3 rings (SSSR count). The summed E-state index contributed by atoms with van der Waals surface area (Å²) in [6.07, 6.45) is 0.832. The lowest BCUT2D eigenvalue weighted by molar-refractivity contribution is 0.341. The van der Waals surface area contributed by atoms with E-state index >= 15 is 0 Å². The van der Waals surface area contributed by atoms with E-state index in [0.29, 0.717) is 0 Å². The fourth-order valence-corrected chi connectivity index (χ4v) is 2.67. The lowest BCUT2D eigenvalue weighted by atomic mass is 9.90. The van der Waals surface area contributed by atoms with Crippen molar-refractivity contribution in [2.75, 3.05) is 6.54 Å². The number of hydrogen-bond acceptors (Lipinski definition) is 4. The largest absolute Gasteiger partial charge is 0.339 e. The van der Waals surface area contributed by atoms with Crippen molar-refractivity contribution < 1.29 is 4.52 Å². The molecule has 4 nitrogen and oxygen atoms in total. The molecule has 2 heterocycles. The first-order chi connectivity index (χ1) is 9.53. The summed E-state index contributed by atoms with van der Waals surface area (Å²) in [4.78, 5) is 4.60. The van der Waals surface area contributed by atoms with E-state index in [4.69, 9.17) is 4.52 Å². The highest BCUT2D eigenvalue weighted by Gasteiger charge is 2.27. The van der Waals surface area contributed by atoms with E-state index in [-0.39, 0.29) is 11.3 Å². The molecule has 0 fully saturated rings. The average molecular weight is 271 g/mol. The van der Waals surface area contributed by atoms with Crippen LogP contribution in [0.3, 0.4) is 0 Å². The maximum absolute atomic E-state index is 5.51. The zero-order valence-corrected chi connectivity index (χ0v) is 12.3. The van der Waals surface area contributed by atoms with E-state index in [2.05, 4.69) is 60.5 Å². The summed E-state index contributed by atoms with van der Waals surface area (Å²) in [5, 5.41) is 7.56. The van der Waals surface area contributed by atoms with Gasteiger partial charge in [0, 0.05) is 19.5 Å². The monoisotopic (exact) mass is 271 g/mol. The van der Waals surface area contributed by atoms with Gasteiger partial charge < -0.3 is 9.84 Å². The molecule has 106 valence electrons. The first-order valence-corrected chi connectivity index (χ1v) is 7.14. The number of aromatic nitrogens is 2. The summed E-state index contributed by atoms with van der Waals surface area (Å²) in [7, 11) is 0.